The zero-order valence-corrected chi connectivity index (χ0v) is 17.3. The number of hydrogen-bond donors (Lipinski definition) is 0. The number of alkyl halides is 3. The van der Waals surface area contributed by atoms with E-state index in [0.717, 1.165) is 24.6 Å². The monoisotopic (exact) mass is 459 g/mol. The van der Waals surface area contributed by atoms with Crippen LogP contribution in [0.2, 0.25) is 5.02 Å². The van der Waals surface area contributed by atoms with Gasteiger partial charge < -0.3 is 4.74 Å². The number of ether oxygens (including phenoxy) is 1. The lowest BCUT2D eigenvalue weighted by molar-refractivity contribution is -0.137. The molecule has 0 atom stereocenters. The van der Waals surface area contributed by atoms with Gasteiger partial charge in [0.1, 0.15) is 0 Å². The Hall–Kier alpha value is -2.59. The molecule has 0 radical (unpaired) electrons. The summed E-state index contributed by atoms with van der Waals surface area (Å²) in [5, 5.41) is 4.22. The van der Waals surface area contributed by atoms with Gasteiger partial charge in [-0.2, -0.15) is 26.6 Å². The fourth-order valence-corrected chi connectivity index (χ4v) is 4.02. The molecular formula is C19H17ClF3N3O3S. The van der Waals surface area contributed by atoms with Crippen molar-refractivity contribution in [3.8, 4) is 17.4 Å². The van der Waals surface area contributed by atoms with Gasteiger partial charge in [-0.3, -0.25) is 0 Å². The summed E-state index contributed by atoms with van der Waals surface area (Å²) in [4.78, 5) is 3.55. The number of aromatic nitrogens is 3. The molecule has 0 fully saturated rings. The summed E-state index contributed by atoms with van der Waals surface area (Å²) in [7, 11) is -4.50. The molecule has 11 heteroatoms. The molecule has 0 amide bonds. The van der Waals surface area contributed by atoms with E-state index in [1.54, 1.807) is 18.2 Å². The largest absolute Gasteiger partial charge is 0.462 e. The number of halogens is 4. The first-order valence-corrected chi connectivity index (χ1v) is 10.7. The van der Waals surface area contributed by atoms with Gasteiger partial charge >= 0.3 is 12.2 Å². The molecule has 1 aromatic heterocycles. The minimum atomic E-state index is -4.70. The third-order valence-electron chi connectivity index (χ3n) is 4.06. The molecule has 3 rings (SSSR count). The lowest BCUT2D eigenvalue weighted by Gasteiger charge is -2.10. The summed E-state index contributed by atoms with van der Waals surface area (Å²) in [6.07, 6.45) is -3.16. The van der Waals surface area contributed by atoms with Crippen LogP contribution in [0.25, 0.3) is 11.4 Å². The molecule has 0 N–H and O–H groups in total. The summed E-state index contributed by atoms with van der Waals surface area (Å²) in [5.74, 6) is -0.124. The van der Waals surface area contributed by atoms with Gasteiger partial charge in [-0.25, -0.2) is 0 Å². The molecule has 0 saturated heterocycles. The molecule has 2 aromatic carbocycles. The maximum atomic E-state index is 13.1. The Bertz CT molecular complexity index is 1150. The standard InChI is InChI=1S/C19H17ClF3N3O3S/c1-2-3-10-29-18-24-17(13-6-4-8-15(20)11-13)26(25-18)30(27,28)16-9-5-7-14(12-16)19(21,22)23/h4-9,11-12H,2-3,10H2,1H3. The fraction of sp³-hybridized carbons (Fsp3) is 0.263. The number of unbranched alkanes of at least 4 members (excludes halogenated alkanes) is 1. The molecule has 0 aliphatic carbocycles. The quantitative estimate of drug-likeness (QED) is 0.463. The Morgan fingerprint density at radius 1 is 1.13 bits per heavy atom. The van der Waals surface area contributed by atoms with E-state index in [1.165, 1.54) is 6.07 Å². The summed E-state index contributed by atoms with van der Waals surface area (Å²) in [6, 6.07) is 9.43. The lowest BCUT2D eigenvalue weighted by Crippen LogP contribution is -2.17. The van der Waals surface area contributed by atoms with Crippen LogP contribution in [-0.2, 0) is 16.2 Å². The number of nitrogens with zero attached hydrogens (tertiary/aromatic N) is 3. The van der Waals surface area contributed by atoms with Crippen LogP contribution in [0, 0.1) is 0 Å². The van der Waals surface area contributed by atoms with Crippen molar-refractivity contribution in [1.29, 1.82) is 0 Å². The molecule has 0 unspecified atom stereocenters. The first-order valence-electron chi connectivity index (χ1n) is 8.91. The topological polar surface area (TPSA) is 74.1 Å². The highest BCUT2D eigenvalue weighted by molar-refractivity contribution is 7.90. The van der Waals surface area contributed by atoms with E-state index < -0.39 is 26.7 Å². The normalized spacial score (nSPS) is 12.2. The van der Waals surface area contributed by atoms with Crippen LogP contribution in [-0.4, -0.2) is 29.2 Å². The average molecular weight is 460 g/mol. The zero-order valence-electron chi connectivity index (χ0n) is 15.7. The number of benzene rings is 2. The highest BCUT2D eigenvalue weighted by atomic mass is 35.5. The summed E-state index contributed by atoms with van der Waals surface area (Å²) >= 11 is 6.00. The van der Waals surface area contributed by atoms with E-state index in [9.17, 15) is 21.6 Å². The first kappa shape index (κ1) is 22.1. The molecule has 0 aliphatic heterocycles. The van der Waals surface area contributed by atoms with Crippen LogP contribution in [0.5, 0.6) is 6.01 Å². The first-order chi connectivity index (χ1) is 14.1. The fourth-order valence-electron chi connectivity index (χ4n) is 2.55. The van der Waals surface area contributed by atoms with Crippen LogP contribution in [0.4, 0.5) is 13.2 Å². The smallest absolute Gasteiger partial charge is 0.416 e. The maximum Gasteiger partial charge on any atom is 0.416 e. The SMILES string of the molecule is CCCCOc1nc(-c2cccc(Cl)c2)n(S(=O)(=O)c2cccc(C(F)(F)F)c2)n1. The average Bonchev–Trinajstić information content (AvgIpc) is 3.13. The molecular weight excluding hydrogens is 443 g/mol. The Morgan fingerprint density at radius 3 is 2.53 bits per heavy atom. The van der Waals surface area contributed by atoms with E-state index in [4.69, 9.17) is 16.3 Å². The van der Waals surface area contributed by atoms with Crippen molar-refractivity contribution in [1.82, 2.24) is 14.2 Å². The molecule has 0 saturated carbocycles. The van der Waals surface area contributed by atoms with Crippen molar-refractivity contribution in [2.75, 3.05) is 6.61 Å². The van der Waals surface area contributed by atoms with Crippen molar-refractivity contribution in [3.05, 3.63) is 59.1 Å². The minimum absolute atomic E-state index is 0.124. The third-order valence-corrected chi connectivity index (χ3v) is 5.85. The van der Waals surface area contributed by atoms with Gasteiger partial charge in [-0.1, -0.05) is 48.2 Å². The second-order valence-electron chi connectivity index (χ2n) is 6.30. The molecule has 0 spiro atoms. The number of rotatable bonds is 7. The van der Waals surface area contributed by atoms with Crippen molar-refractivity contribution >= 4 is 21.6 Å². The molecule has 0 bridgehead atoms. The Labute approximate surface area is 176 Å². The van der Waals surface area contributed by atoms with Gasteiger partial charge in [0.05, 0.1) is 17.1 Å². The highest BCUT2D eigenvalue weighted by Crippen LogP contribution is 2.32. The zero-order chi connectivity index (χ0) is 21.9. The van der Waals surface area contributed by atoms with Crippen molar-refractivity contribution < 1.29 is 26.3 Å². The van der Waals surface area contributed by atoms with Crippen molar-refractivity contribution in [3.63, 3.8) is 0 Å². The van der Waals surface area contributed by atoms with Gasteiger partial charge in [-0.15, -0.1) is 4.09 Å². The second-order valence-corrected chi connectivity index (χ2v) is 8.51. The van der Waals surface area contributed by atoms with Crippen LogP contribution < -0.4 is 4.74 Å². The van der Waals surface area contributed by atoms with Gasteiger partial charge in [-0.05, 0) is 36.8 Å². The Morgan fingerprint density at radius 2 is 1.87 bits per heavy atom. The van der Waals surface area contributed by atoms with Gasteiger partial charge in [0.15, 0.2) is 5.82 Å². The predicted molar refractivity (Wildman–Crippen MR) is 105 cm³/mol. The van der Waals surface area contributed by atoms with Gasteiger partial charge in [0, 0.05) is 10.6 Å². The summed E-state index contributed by atoms with van der Waals surface area (Å²) in [6.45, 7) is 2.21. The number of hydrogen-bond acceptors (Lipinski definition) is 5. The summed E-state index contributed by atoms with van der Waals surface area (Å²) in [5.41, 5.74) is -0.775. The molecule has 1 heterocycles. The Balaban J connectivity index is 2.13. The van der Waals surface area contributed by atoms with E-state index in [1.807, 2.05) is 6.92 Å². The van der Waals surface area contributed by atoms with Crippen LogP contribution in [0.15, 0.2) is 53.4 Å². The molecule has 3 aromatic rings. The van der Waals surface area contributed by atoms with Crippen LogP contribution >= 0.6 is 11.6 Å². The highest BCUT2D eigenvalue weighted by Gasteiger charge is 2.33. The van der Waals surface area contributed by atoms with E-state index >= 15 is 0 Å². The lowest BCUT2D eigenvalue weighted by atomic mass is 10.2. The van der Waals surface area contributed by atoms with Gasteiger partial charge in [0.25, 0.3) is 10.0 Å². The van der Waals surface area contributed by atoms with Crippen molar-refractivity contribution in [2.45, 2.75) is 30.8 Å². The van der Waals surface area contributed by atoms with E-state index in [0.29, 0.717) is 27.2 Å². The van der Waals surface area contributed by atoms with Crippen molar-refractivity contribution in [2.24, 2.45) is 0 Å². The minimum Gasteiger partial charge on any atom is -0.462 e. The predicted octanol–water partition coefficient (Wildman–Crippen LogP) is 5.03. The van der Waals surface area contributed by atoms with E-state index in [-0.39, 0.29) is 18.4 Å². The maximum absolute atomic E-state index is 13.1. The van der Waals surface area contributed by atoms with Gasteiger partial charge in [0.2, 0.25) is 0 Å². The molecule has 6 nitrogen and oxygen atoms in total. The van der Waals surface area contributed by atoms with Crippen LogP contribution in [0.3, 0.4) is 0 Å². The van der Waals surface area contributed by atoms with Crippen LogP contribution in [0.1, 0.15) is 25.3 Å². The summed E-state index contributed by atoms with van der Waals surface area (Å²) < 4.78 is 71.4. The Kier molecular flexibility index (Phi) is 6.37. The molecule has 160 valence electrons. The van der Waals surface area contributed by atoms with E-state index in [2.05, 4.69) is 10.1 Å². The molecule has 30 heavy (non-hydrogen) atoms. The molecule has 0 aliphatic rings. The third kappa shape index (κ3) is 4.76. The second kappa shape index (κ2) is 8.65.